The van der Waals surface area contributed by atoms with Crippen LogP contribution in [0.25, 0.3) is 0 Å². The zero-order chi connectivity index (χ0) is 9.80. The molecule has 14 heavy (non-hydrogen) atoms. The van der Waals surface area contributed by atoms with Crippen molar-refractivity contribution in [3.05, 3.63) is 38.5 Å². The van der Waals surface area contributed by atoms with Crippen LogP contribution in [-0.2, 0) is 6.54 Å². The fraction of sp³-hybridized carbons (Fsp3) is 0.111. The van der Waals surface area contributed by atoms with Gasteiger partial charge in [-0.05, 0) is 45.0 Å². The summed E-state index contributed by atoms with van der Waals surface area (Å²) >= 11 is 3.92. The molecule has 72 valence electrons. The molecule has 1 N–H and O–H groups in total. The van der Waals surface area contributed by atoms with Crippen LogP contribution in [0.1, 0.15) is 5.56 Å². The van der Waals surface area contributed by atoms with Crippen molar-refractivity contribution in [1.82, 2.24) is 9.97 Å². The maximum absolute atomic E-state index is 4.15. The number of hydrogen-bond acceptors (Lipinski definition) is 4. The third-order valence-electron chi connectivity index (χ3n) is 1.71. The largest absolute Gasteiger partial charge is 0.365 e. The molecule has 0 amide bonds. The molecule has 0 aliphatic rings. The van der Waals surface area contributed by atoms with Crippen molar-refractivity contribution in [2.24, 2.45) is 0 Å². The average Bonchev–Trinajstić information content (AvgIpc) is 2.69. The second-order valence-corrected chi connectivity index (χ2v) is 4.65. The zero-order valence-electron chi connectivity index (χ0n) is 7.27. The Bertz CT molecular complexity index is 402. The predicted molar refractivity (Wildman–Crippen MR) is 66.4 cm³/mol. The topological polar surface area (TPSA) is 37.8 Å². The van der Waals surface area contributed by atoms with Gasteiger partial charge in [0.25, 0.3) is 0 Å². The van der Waals surface area contributed by atoms with Gasteiger partial charge in [-0.1, -0.05) is 0 Å². The van der Waals surface area contributed by atoms with Crippen molar-refractivity contribution in [2.45, 2.75) is 6.54 Å². The standard InChI is InChI=1S/C9H8IN3S/c10-8-4-11-6-13-9(8)12-3-7-1-2-14-5-7/h1-2,4-6H,3H2,(H,11,12,13). The second kappa shape index (κ2) is 4.70. The van der Waals surface area contributed by atoms with Gasteiger partial charge in [-0.25, -0.2) is 9.97 Å². The molecular weight excluding hydrogens is 309 g/mol. The summed E-state index contributed by atoms with van der Waals surface area (Å²) in [5.41, 5.74) is 1.28. The van der Waals surface area contributed by atoms with Gasteiger partial charge in [-0.2, -0.15) is 11.3 Å². The molecule has 2 aromatic heterocycles. The van der Waals surface area contributed by atoms with Crippen molar-refractivity contribution >= 4 is 39.7 Å². The number of nitrogens with zero attached hydrogens (tertiary/aromatic N) is 2. The second-order valence-electron chi connectivity index (χ2n) is 2.70. The molecule has 3 nitrogen and oxygen atoms in total. The summed E-state index contributed by atoms with van der Waals surface area (Å²) in [6.45, 7) is 0.816. The van der Waals surface area contributed by atoms with Crippen LogP contribution >= 0.6 is 33.9 Å². The van der Waals surface area contributed by atoms with Crippen LogP contribution in [0.3, 0.4) is 0 Å². The van der Waals surface area contributed by atoms with Crippen molar-refractivity contribution in [3.63, 3.8) is 0 Å². The van der Waals surface area contributed by atoms with E-state index in [1.54, 1.807) is 23.9 Å². The van der Waals surface area contributed by atoms with Gasteiger partial charge >= 0.3 is 0 Å². The molecule has 0 aliphatic carbocycles. The fourth-order valence-electron chi connectivity index (χ4n) is 1.02. The highest BCUT2D eigenvalue weighted by atomic mass is 127. The highest BCUT2D eigenvalue weighted by molar-refractivity contribution is 14.1. The smallest absolute Gasteiger partial charge is 0.143 e. The third kappa shape index (κ3) is 2.42. The summed E-state index contributed by atoms with van der Waals surface area (Å²) in [4.78, 5) is 8.08. The third-order valence-corrected chi connectivity index (χ3v) is 3.23. The van der Waals surface area contributed by atoms with Crippen LogP contribution in [0.5, 0.6) is 0 Å². The lowest BCUT2D eigenvalue weighted by molar-refractivity contribution is 1.08. The Morgan fingerprint density at radius 3 is 3.14 bits per heavy atom. The molecule has 0 aliphatic heterocycles. The first-order valence-electron chi connectivity index (χ1n) is 4.07. The summed E-state index contributed by atoms with van der Waals surface area (Å²) < 4.78 is 1.04. The first kappa shape index (κ1) is 9.85. The maximum atomic E-state index is 4.15. The van der Waals surface area contributed by atoms with Gasteiger partial charge in [0.2, 0.25) is 0 Å². The van der Waals surface area contributed by atoms with Gasteiger partial charge in [-0.15, -0.1) is 0 Å². The Hall–Kier alpha value is -0.690. The van der Waals surface area contributed by atoms with E-state index in [0.717, 1.165) is 15.9 Å². The molecule has 0 spiro atoms. The highest BCUT2D eigenvalue weighted by Gasteiger charge is 1.99. The minimum Gasteiger partial charge on any atom is -0.365 e. The lowest BCUT2D eigenvalue weighted by atomic mass is 10.3. The molecule has 0 unspecified atom stereocenters. The fourth-order valence-corrected chi connectivity index (χ4v) is 2.18. The van der Waals surface area contributed by atoms with Gasteiger partial charge < -0.3 is 5.32 Å². The minimum absolute atomic E-state index is 0.816. The molecule has 2 aromatic rings. The number of aromatic nitrogens is 2. The summed E-state index contributed by atoms with van der Waals surface area (Å²) in [5.74, 6) is 0.895. The van der Waals surface area contributed by atoms with Crippen molar-refractivity contribution < 1.29 is 0 Å². The van der Waals surface area contributed by atoms with E-state index < -0.39 is 0 Å². The molecule has 2 heterocycles. The molecule has 0 fully saturated rings. The Labute approximate surface area is 99.7 Å². The average molecular weight is 317 g/mol. The molecule has 0 saturated heterocycles. The monoisotopic (exact) mass is 317 g/mol. The molecule has 0 radical (unpaired) electrons. The SMILES string of the molecule is Ic1cncnc1NCc1ccsc1. The Kier molecular flexibility index (Phi) is 3.30. The zero-order valence-corrected chi connectivity index (χ0v) is 10.2. The highest BCUT2D eigenvalue weighted by Crippen LogP contribution is 2.14. The number of anilines is 1. The molecule has 0 saturated carbocycles. The van der Waals surface area contributed by atoms with Crippen LogP contribution in [0.15, 0.2) is 29.4 Å². The van der Waals surface area contributed by atoms with E-state index in [2.05, 4.69) is 54.7 Å². The quantitative estimate of drug-likeness (QED) is 0.885. The summed E-state index contributed by atoms with van der Waals surface area (Å²) in [5, 5.41) is 7.46. The van der Waals surface area contributed by atoms with Gasteiger partial charge in [-0.3, -0.25) is 0 Å². The lowest BCUT2D eigenvalue weighted by Gasteiger charge is -2.04. The normalized spacial score (nSPS) is 10.1. The first-order chi connectivity index (χ1) is 6.86. The molecular formula is C9H8IN3S. The molecule has 5 heteroatoms. The van der Waals surface area contributed by atoms with Gasteiger partial charge in [0.15, 0.2) is 0 Å². The number of nitrogens with one attached hydrogen (secondary N) is 1. The number of halogens is 1. The summed E-state index contributed by atoms with van der Waals surface area (Å²) in [7, 11) is 0. The van der Waals surface area contributed by atoms with E-state index in [4.69, 9.17) is 0 Å². The van der Waals surface area contributed by atoms with Crippen LogP contribution < -0.4 is 5.32 Å². The van der Waals surface area contributed by atoms with E-state index in [-0.39, 0.29) is 0 Å². The van der Waals surface area contributed by atoms with E-state index in [0.29, 0.717) is 0 Å². The number of hydrogen-bond donors (Lipinski definition) is 1. The van der Waals surface area contributed by atoms with Crippen LogP contribution in [0.4, 0.5) is 5.82 Å². The lowest BCUT2D eigenvalue weighted by Crippen LogP contribution is -2.02. The van der Waals surface area contributed by atoms with E-state index >= 15 is 0 Å². The van der Waals surface area contributed by atoms with Crippen molar-refractivity contribution in [1.29, 1.82) is 0 Å². The molecule has 0 aromatic carbocycles. The van der Waals surface area contributed by atoms with Gasteiger partial charge in [0.05, 0.1) is 3.57 Å². The van der Waals surface area contributed by atoms with Crippen molar-refractivity contribution in [3.8, 4) is 0 Å². The Balaban J connectivity index is 2.02. The van der Waals surface area contributed by atoms with Crippen LogP contribution in [0.2, 0.25) is 0 Å². The summed E-state index contributed by atoms with van der Waals surface area (Å²) in [6, 6.07) is 2.10. The maximum Gasteiger partial charge on any atom is 0.143 e. The molecule has 0 atom stereocenters. The minimum atomic E-state index is 0.816. The van der Waals surface area contributed by atoms with Crippen molar-refractivity contribution in [2.75, 3.05) is 5.32 Å². The summed E-state index contributed by atoms with van der Waals surface area (Å²) in [6.07, 6.45) is 3.35. The van der Waals surface area contributed by atoms with E-state index in [1.165, 1.54) is 5.56 Å². The number of thiophene rings is 1. The van der Waals surface area contributed by atoms with Crippen LogP contribution in [0, 0.1) is 3.57 Å². The molecule has 2 rings (SSSR count). The Morgan fingerprint density at radius 2 is 2.43 bits per heavy atom. The van der Waals surface area contributed by atoms with Crippen LogP contribution in [-0.4, -0.2) is 9.97 Å². The van der Waals surface area contributed by atoms with Gasteiger partial charge in [0, 0.05) is 12.7 Å². The van der Waals surface area contributed by atoms with E-state index in [1.807, 2.05) is 0 Å². The van der Waals surface area contributed by atoms with Gasteiger partial charge in [0.1, 0.15) is 12.1 Å². The van der Waals surface area contributed by atoms with E-state index in [9.17, 15) is 0 Å². The molecule has 0 bridgehead atoms. The predicted octanol–water partition coefficient (Wildman–Crippen LogP) is 2.75. The first-order valence-corrected chi connectivity index (χ1v) is 6.09. The Morgan fingerprint density at radius 1 is 1.50 bits per heavy atom. The number of rotatable bonds is 3.